The lowest BCUT2D eigenvalue weighted by molar-refractivity contribution is 0.132. The highest BCUT2D eigenvalue weighted by Crippen LogP contribution is 2.19. The lowest BCUT2D eigenvalue weighted by atomic mass is 10.1. The van der Waals surface area contributed by atoms with Gasteiger partial charge in [-0.1, -0.05) is 0 Å². The Morgan fingerprint density at radius 2 is 1.38 bits per heavy atom. The molecule has 2 aliphatic heterocycles. The number of amides is 3. The molecule has 2 aliphatic rings. The van der Waals surface area contributed by atoms with E-state index in [-0.39, 0.29) is 23.2 Å². The monoisotopic (exact) mass is 299 g/mol. The maximum absolute atomic E-state index is 11.4. The van der Waals surface area contributed by atoms with Gasteiger partial charge in [-0.2, -0.15) is 0 Å². The summed E-state index contributed by atoms with van der Waals surface area (Å²) in [6, 6.07) is 0.150. The molecule has 0 aromatic rings. The number of urea groups is 1. The number of rotatable bonds is 0. The number of carbonyl (C=O) groups is 2. The lowest BCUT2D eigenvalue weighted by Crippen LogP contribution is -2.43. The minimum Gasteiger partial charge on any atom is -0.448 e. The molecule has 2 fully saturated rings. The highest BCUT2D eigenvalue weighted by molar-refractivity contribution is 5.76. The predicted octanol–water partition coefficient (Wildman–Crippen LogP) is 2.39. The molecule has 6 heteroatoms. The van der Waals surface area contributed by atoms with Crippen LogP contribution in [0.5, 0.6) is 0 Å². The number of ether oxygens (including phenoxy) is 1. The second-order valence-corrected chi connectivity index (χ2v) is 7.46. The Morgan fingerprint density at radius 1 is 0.857 bits per heavy atom. The second kappa shape index (κ2) is 6.12. The molecule has 21 heavy (non-hydrogen) atoms. The number of cyclic esters (lactones) is 1. The molecule has 6 nitrogen and oxygen atoms in total. The van der Waals surface area contributed by atoms with Crippen molar-refractivity contribution in [3.63, 3.8) is 0 Å². The van der Waals surface area contributed by atoms with Crippen molar-refractivity contribution in [3.05, 3.63) is 0 Å². The van der Waals surface area contributed by atoms with Crippen molar-refractivity contribution in [2.75, 3.05) is 33.3 Å². The van der Waals surface area contributed by atoms with Crippen LogP contribution in [0, 0.1) is 0 Å². The standard InChI is InChI=1S/C8H16N2O.C7H13NO2/c1-8(2,3)10-6-5-9(4)7(10)11;1-7(2,3)8-4-5-10-6(8)9/h5-6H2,1-4H3;4-5H2,1-3H3. The Morgan fingerprint density at radius 3 is 1.57 bits per heavy atom. The quantitative estimate of drug-likeness (QED) is 0.690. The smallest absolute Gasteiger partial charge is 0.410 e. The fourth-order valence-corrected chi connectivity index (χ4v) is 2.27. The first-order valence-corrected chi connectivity index (χ1v) is 7.41. The zero-order valence-electron chi connectivity index (χ0n) is 14.4. The Hall–Kier alpha value is -1.46. The summed E-state index contributed by atoms with van der Waals surface area (Å²) >= 11 is 0. The summed E-state index contributed by atoms with van der Waals surface area (Å²) in [5, 5.41) is 0. The fraction of sp³-hybridized carbons (Fsp3) is 0.867. The molecule has 0 aliphatic carbocycles. The van der Waals surface area contributed by atoms with Crippen LogP contribution in [0.4, 0.5) is 9.59 Å². The number of hydrogen-bond acceptors (Lipinski definition) is 3. The van der Waals surface area contributed by atoms with Crippen LogP contribution in [-0.2, 0) is 4.74 Å². The summed E-state index contributed by atoms with van der Waals surface area (Å²) in [4.78, 5) is 27.7. The molecule has 0 radical (unpaired) electrons. The largest absolute Gasteiger partial charge is 0.448 e. The SMILES string of the molecule is CC(C)(C)N1CCOC1=O.CN1CCN(C(C)(C)C)C1=O. The molecule has 0 spiro atoms. The minimum atomic E-state index is -0.187. The first kappa shape index (κ1) is 17.6. The summed E-state index contributed by atoms with van der Waals surface area (Å²) in [5.74, 6) is 0. The minimum absolute atomic E-state index is 0.0259. The summed E-state index contributed by atoms with van der Waals surface area (Å²) in [6.45, 7) is 15.2. The normalized spacial score (nSPS) is 19.7. The van der Waals surface area contributed by atoms with Gasteiger partial charge >= 0.3 is 12.1 Å². The molecule has 2 saturated heterocycles. The number of likely N-dealkylation sites (N-methyl/N-ethyl adjacent to an activating group) is 1. The van der Waals surface area contributed by atoms with Gasteiger partial charge in [-0.3, -0.25) is 4.90 Å². The van der Waals surface area contributed by atoms with E-state index >= 15 is 0 Å². The van der Waals surface area contributed by atoms with Crippen molar-refractivity contribution in [2.45, 2.75) is 52.6 Å². The van der Waals surface area contributed by atoms with Crippen LogP contribution in [0.1, 0.15) is 41.5 Å². The van der Waals surface area contributed by atoms with Gasteiger partial charge in [0.1, 0.15) is 6.61 Å². The summed E-state index contributed by atoms with van der Waals surface area (Å²) < 4.78 is 4.78. The van der Waals surface area contributed by atoms with E-state index in [1.54, 1.807) is 9.80 Å². The van der Waals surface area contributed by atoms with Crippen molar-refractivity contribution < 1.29 is 14.3 Å². The maximum Gasteiger partial charge on any atom is 0.410 e. The molecule has 0 bridgehead atoms. The van der Waals surface area contributed by atoms with Gasteiger partial charge in [0, 0.05) is 31.2 Å². The zero-order valence-corrected chi connectivity index (χ0v) is 14.4. The Labute approximate surface area is 128 Å². The van der Waals surface area contributed by atoms with E-state index in [0.29, 0.717) is 6.61 Å². The molecule has 2 heterocycles. The van der Waals surface area contributed by atoms with Crippen molar-refractivity contribution >= 4 is 12.1 Å². The van der Waals surface area contributed by atoms with Gasteiger partial charge in [-0.25, -0.2) is 9.59 Å². The first-order chi connectivity index (χ1) is 9.44. The van der Waals surface area contributed by atoms with E-state index in [4.69, 9.17) is 4.74 Å². The van der Waals surface area contributed by atoms with Gasteiger partial charge < -0.3 is 14.5 Å². The molecule has 2 rings (SSSR count). The summed E-state index contributed by atoms with van der Waals surface area (Å²) in [6.07, 6.45) is -0.187. The first-order valence-electron chi connectivity index (χ1n) is 7.41. The van der Waals surface area contributed by atoms with E-state index in [2.05, 4.69) is 20.8 Å². The van der Waals surface area contributed by atoms with Gasteiger partial charge in [0.05, 0.1) is 6.54 Å². The van der Waals surface area contributed by atoms with Gasteiger partial charge in [-0.05, 0) is 41.5 Å². The van der Waals surface area contributed by atoms with Crippen LogP contribution in [0.25, 0.3) is 0 Å². The van der Waals surface area contributed by atoms with E-state index in [0.717, 1.165) is 19.6 Å². The van der Waals surface area contributed by atoms with Crippen molar-refractivity contribution in [2.24, 2.45) is 0 Å². The summed E-state index contributed by atoms with van der Waals surface area (Å²) in [7, 11) is 1.84. The molecule has 0 unspecified atom stereocenters. The van der Waals surface area contributed by atoms with Gasteiger partial charge in [-0.15, -0.1) is 0 Å². The Kier molecular flexibility index (Phi) is 5.12. The van der Waals surface area contributed by atoms with Gasteiger partial charge in [0.2, 0.25) is 0 Å². The Bertz CT molecular complexity index is 396. The molecular formula is C15H29N3O3. The second-order valence-electron chi connectivity index (χ2n) is 7.46. The van der Waals surface area contributed by atoms with Crippen molar-refractivity contribution in [1.29, 1.82) is 0 Å². The van der Waals surface area contributed by atoms with Crippen LogP contribution in [0.2, 0.25) is 0 Å². The van der Waals surface area contributed by atoms with E-state index < -0.39 is 0 Å². The van der Waals surface area contributed by atoms with Crippen LogP contribution in [0.3, 0.4) is 0 Å². The zero-order chi connectivity index (χ0) is 16.4. The average molecular weight is 299 g/mol. The van der Waals surface area contributed by atoms with Gasteiger partial charge in [0.25, 0.3) is 0 Å². The van der Waals surface area contributed by atoms with Crippen LogP contribution in [0.15, 0.2) is 0 Å². The molecule has 0 N–H and O–H groups in total. The van der Waals surface area contributed by atoms with Gasteiger partial charge in [0.15, 0.2) is 0 Å². The van der Waals surface area contributed by atoms with E-state index in [1.807, 2.05) is 32.7 Å². The molecule has 122 valence electrons. The molecule has 0 saturated carbocycles. The Balaban J connectivity index is 0.000000211. The maximum atomic E-state index is 11.4. The van der Waals surface area contributed by atoms with E-state index in [1.165, 1.54) is 0 Å². The molecule has 0 aromatic carbocycles. The fourth-order valence-electron chi connectivity index (χ4n) is 2.27. The number of carbonyl (C=O) groups excluding carboxylic acids is 2. The molecule has 3 amide bonds. The average Bonchev–Trinajstić information content (AvgIpc) is 2.86. The molecular weight excluding hydrogens is 270 g/mol. The number of hydrogen-bond donors (Lipinski definition) is 0. The predicted molar refractivity (Wildman–Crippen MR) is 82.3 cm³/mol. The third-order valence-corrected chi connectivity index (χ3v) is 3.60. The summed E-state index contributed by atoms with van der Waals surface area (Å²) in [5.41, 5.74) is -0.116. The highest BCUT2D eigenvalue weighted by Gasteiger charge is 2.33. The number of nitrogens with zero attached hydrogens (tertiary/aromatic N) is 3. The third-order valence-electron chi connectivity index (χ3n) is 3.60. The van der Waals surface area contributed by atoms with Crippen molar-refractivity contribution in [1.82, 2.24) is 14.7 Å². The van der Waals surface area contributed by atoms with E-state index in [9.17, 15) is 9.59 Å². The van der Waals surface area contributed by atoms with Crippen molar-refractivity contribution in [3.8, 4) is 0 Å². The van der Waals surface area contributed by atoms with Crippen LogP contribution in [-0.4, -0.2) is 71.2 Å². The molecule has 0 atom stereocenters. The lowest BCUT2D eigenvalue weighted by Gasteiger charge is -2.30. The van der Waals surface area contributed by atoms with Crippen LogP contribution < -0.4 is 0 Å². The van der Waals surface area contributed by atoms with Crippen LogP contribution >= 0.6 is 0 Å². The topological polar surface area (TPSA) is 53.1 Å². The molecule has 0 aromatic heterocycles. The highest BCUT2D eigenvalue weighted by atomic mass is 16.6. The third kappa shape index (κ3) is 4.51.